The molecule has 0 radical (unpaired) electrons. The van der Waals surface area contributed by atoms with Crippen molar-refractivity contribution < 1.29 is 23.1 Å². The van der Waals surface area contributed by atoms with Crippen LogP contribution in [0.15, 0.2) is 53.7 Å². The van der Waals surface area contributed by atoms with Gasteiger partial charge in [0.1, 0.15) is 10.9 Å². The molecule has 1 atom stereocenters. The molecule has 2 heterocycles. The molecule has 3 rings (SSSR count). The Morgan fingerprint density at radius 2 is 1.93 bits per heavy atom. The van der Waals surface area contributed by atoms with Crippen molar-refractivity contribution in [2.24, 2.45) is 0 Å². The Kier molecular flexibility index (Phi) is 5.24. The molecule has 2 aromatic rings. The molecule has 1 amide bonds. The average Bonchev–Trinajstić information content (AvgIpc) is 2.67. The Balaban J connectivity index is 1.81. The van der Waals surface area contributed by atoms with Crippen LogP contribution in [0.25, 0.3) is 0 Å². The number of carboxylic acids is 1. The first-order valence-electron chi connectivity index (χ1n) is 8.26. The fraction of sp³-hybridized carbons (Fsp3) is 0.278. The predicted molar refractivity (Wildman–Crippen MR) is 96.2 cm³/mol. The molecular formula is C18H19N3O5S. The second-order valence-corrected chi connectivity index (χ2v) is 8.34. The Hall–Kier alpha value is -2.78. The Labute approximate surface area is 157 Å². The molecule has 0 aliphatic carbocycles. The summed E-state index contributed by atoms with van der Waals surface area (Å²) in [5.74, 6) is -1.68. The lowest BCUT2D eigenvalue weighted by atomic mass is 9.94. The molecule has 142 valence electrons. The van der Waals surface area contributed by atoms with E-state index in [1.807, 2.05) is 24.3 Å². The van der Waals surface area contributed by atoms with Gasteiger partial charge in [-0.05, 0) is 23.3 Å². The summed E-state index contributed by atoms with van der Waals surface area (Å²) >= 11 is 0. The van der Waals surface area contributed by atoms with E-state index in [4.69, 9.17) is 0 Å². The van der Waals surface area contributed by atoms with E-state index in [-0.39, 0.29) is 17.9 Å². The van der Waals surface area contributed by atoms with Crippen LogP contribution in [0, 0.1) is 0 Å². The van der Waals surface area contributed by atoms with E-state index < -0.39 is 34.5 Å². The highest BCUT2D eigenvalue weighted by Gasteiger charge is 2.36. The minimum absolute atomic E-state index is 0.0286. The van der Waals surface area contributed by atoms with Crippen LogP contribution in [-0.2, 0) is 32.6 Å². The molecule has 0 saturated heterocycles. The number of nitrogens with zero attached hydrogens (tertiary/aromatic N) is 3. The molecule has 0 saturated carbocycles. The van der Waals surface area contributed by atoms with Gasteiger partial charge in [-0.15, -0.1) is 0 Å². The van der Waals surface area contributed by atoms with E-state index >= 15 is 0 Å². The number of hydrogen-bond acceptors (Lipinski definition) is 5. The lowest BCUT2D eigenvalue weighted by Gasteiger charge is -2.35. The van der Waals surface area contributed by atoms with Crippen molar-refractivity contribution >= 4 is 21.9 Å². The lowest BCUT2D eigenvalue weighted by Crippen LogP contribution is -2.51. The van der Waals surface area contributed by atoms with E-state index in [9.17, 15) is 23.1 Å². The average molecular weight is 389 g/mol. The second-order valence-electron chi connectivity index (χ2n) is 6.30. The molecule has 27 heavy (non-hydrogen) atoms. The molecule has 0 spiro atoms. The predicted octanol–water partition coefficient (Wildman–Crippen LogP) is 0.740. The van der Waals surface area contributed by atoms with Crippen LogP contribution in [0.3, 0.4) is 0 Å². The number of benzene rings is 1. The smallest absolute Gasteiger partial charge is 0.326 e. The standard InChI is InChI=1S/C18H19N3O5S/c1-20(27(25,26)15-7-4-8-19-10-15)12-17(22)21-11-14-6-3-2-5-13(14)9-16(21)18(23)24/h2-8,10,16H,9,11-12H2,1H3,(H,23,24). The topological polar surface area (TPSA) is 108 Å². The maximum absolute atomic E-state index is 12.8. The monoisotopic (exact) mass is 389 g/mol. The number of pyridine rings is 1. The molecule has 8 nitrogen and oxygen atoms in total. The van der Waals surface area contributed by atoms with E-state index in [0.29, 0.717) is 0 Å². The van der Waals surface area contributed by atoms with Gasteiger partial charge in [0.15, 0.2) is 0 Å². The van der Waals surface area contributed by atoms with E-state index in [0.717, 1.165) is 15.4 Å². The molecule has 1 aromatic heterocycles. The number of carbonyl (C=O) groups is 2. The van der Waals surface area contributed by atoms with Crippen molar-refractivity contribution in [2.45, 2.75) is 23.9 Å². The van der Waals surface area contributed by atoms with Gasteiger partial charge in [-0.2, -0.15) is 4.31 Å². The van der Waals surface area contributed by atoms with Crippen molar-refractivity contribution in [3.05, 3.63) is 59.9 Å². The van der Waals surface area contributed by atoms with Crippen molar-refractivity contribution in [3.8, 4) is 0 Å². The number of aromatic nitrogens is 1. The quantitative estimate of drug-likeness (QED) is 0.808. The van der Waals surface area contributed by atoms with Gasteiger partial charge in [0.25, 0.3) is 0 Å². The first-order chi connectivity index (χ1) is 12.8. The second kappa shape index (κ2) is 7.45. The number of amides is 1. The number of aliphatic carboxylic acids is 1. The Morgan fingerprint density at radius 1 is 1.22 bits per heavy atom. The molecule has 0 fully saturated rings. The van der Waals surface area contributed by atoms with E-state index in [1.54, 1.807) is 0 Å². The van der Waals surface area contributed by atoms with Crippen LogP contribution < -0.4 is 0 Å². The van der Waals surface area contributed by atoms with Gasteiger partial charge in [-0.1, -0.05) is 24.3 Å². The van der Waals surface area contributed by atoms with Crippen LogP contribution in [0.2, 0.25) is 0 Å². The highest BCUT2D eigenvalue weighted by Crippen LogP contribution is 2.24. The van der Waals surface area contributed by atoms with Crippen molar-refractivity contribution in [2.75, 3.05) is 13.6 Å². The summed E-state index contributed by atoms with van der Waals surface area (Å²) < 4.78 is 26.0. The number of fused-ring (bicyclic) bond motifs is 1. The molecule has 1 aliphatic rings. The van der Waals surface area contributed by atoms with E-state index in [2.05, 4.69) is 4.98 Å². The summed E-state index contributed by atoms with van der Waals surface area (Å²) in [6.07, 6.45) is 2.84. The van der Waals surface area contributed by atoms with Gasteiger partial charge in [0, 0.05) is 32.4 Å². The summed E-state index contributed by atoms with van der Waals surface area (Å²) in [5.41, 5.74) is 1.74. The van der Waals surface area contributed by atoms with Crippen LogP contribution in [0.1, 0.15) is 11.1 Å². The number of sulfonamides is 1. The summed E-state index contributed by atoms with van der Waals surface area (Å²) in [5, 5.41) is 9.52. The van der Waals surface area contributed by atoms with Crippen molar-refractivity contribution in [3.63, 3.8) is 0 Å². The molecule has 1 unspecified atom stereocenters. The van der Waals surface area contributed by atoms with Crippen molar-refractivity contribution in [1.29, 1.82) is 0 Å². The summed E-state index contributed by atoms with van der Waals surface area (Å²) in [7, 11) is -2.61. The lowest BCUT2D eigenvalue weighted by molar-refractivity contribution is -0.151. The SMILES string of the molecule is CN(CC(=O)N1Cc2ccccc2CC1C(=O)O)S(=O)(=O)c1cccnc1. The highest BCUT2D eigenvalue weighted by atomic mass is 32.2. The number of hydrogen-bond donors (Lipinski definition) is 1. The third-order valence-electron chi connectivity index (χ3n) is 4.55. The third-order valence-corrected chi connectivity index (χ3v) is 6.34. The fourth-order valence-electron chi connectivity index (χ4n) is 3.05. The first kappa shape index (κ1) is 19.0. The number of rotatable bonds is 5. The maximum atomic E-state index is 12.8. The zero-order chi connectivity index (χ0) is 19.6. The van der Waals surface area contributed by atoms with Gasteiger partial charge in [-0.3, -0.25) is 9.78 Å². The van der Waals surface area contributed by atoms with Gasteiger partial charge in [0.05, 0.1) is 6.54 Å². The normalized spacial score (nSPS) is 16.8. The Bertz CT molecular complexity index is 962. The molecule has 1 aromatic carbocycles. The molecule has 9 heteroatoms. The van der Waals surface area contributed by atoms with Gasteiger partial charge < -0.3 is 10.0 Å². The zero-order valence-electron chi connectivity index (χ0n) is 14.6. The molecule has 1 N–H and O–H groups in total. The Morgan fingerprint density at radius 3 is 2.56 bits per heavy atom. The number of carbonyl (C=O) groups excluding carboxylic acids is 1. The molecular weight excluding hydrogens is 370 g/mol. The van der Waals surface area contributed by atoms with Crippen LogP contribution >= 0.6 is 0 Å². The van der Waals surface area contributed by atoms with Gasteiger partial charge >= 0.3 is 5.97 Å². The van der Waals surface area contributed by atoms with Crippen LogP contribution in [0.5, 0.6) is 0 Å². The van der Waals surface area contributed by atoms with Crippen LogP contribution in [0.4, 0.5) is 0 Å². The minimum Gasteiger partial charge on any atom is -0.480 e. The zero-order valence-corrected chi connectivity index (χ0v) is 15.5. The summed E-state index contributed by atoms with van der Waals surface area (Å²) in [4.78, 5) is 29.4. The summed E-state index contributed by atoms with van der Waals surface area (Å²) in [6, 6.07) is 9.17. The highest BCUT2D eigenvalue weighted by molar-refractivity contribution is 7.89. The maximum Gasteiger partial charge on any atom is 0.326 e. The van der Waals surface area contributed by atoms with Crippen molar-refractivity contribution in [1.82, 2.24) is 14.2 Å². The molecule has 0 bridgehead atoms. The third kappa shape index (κ3) is 3.83. The van der Waals surface area contributed by atoms with Crippen LogP contribution in [-0.4, -0.2) is 59.2 Å². The number of likely N-dealkylation sites (N-methyl/N-ethyl adjacent to an activating group) is 1. The first-order valence-corrected chi connectivity index (χ1v) is 9.70. The largest absolute Gasteiger partial charge is 0.480 e. The molecule has 1 aliphatic heterocycles. The fourth-order valence-corrected chi connectivity index (χ4v) is 4.14. The van der Waals surface area contributed by atoms with Gasteiger partial charge in [0.2, 0.25) is 15.9 Å². The minimum atomic E-state index is -3.90. The number of carboxylic acid groups (broad SMARTS) is 1. The summed E-state index contributed by atoms with van der Waals surface area (Å²) in [6.45, 7) is -0.323. The van der Waals surface area contributed by atoms with E-state index in [1.165, 1.54) is 36.5 Å². The van der Waals surface area contributed by atoms with Gasteiger partial charge in [-0.25, -0.2) is 13.2 Å².